The quantitative estimate of drug-likeness (QED) is 0.412. The SMILES string of the molecule is OC[C@H]1O[C@@H](Oc2ccc([C@@H]3CCc4c(O)cc(O)cc4O3)cc2)[C@H](O)[C@@H](O)[C@@H]1O. The lowest BCUT2D eigenvalue weighted by molar-refractivity contribution is -0.277. The second kappa shape index (κ2) is 8.29. The van der Waals surface area contributed by atoms with E-state index < -0.39 is 37.3 Å². The number of aliphatic hydroxyl groups is 4. The van der Waals surface area contributed by atoms with Crippen LogP contribution < -0.4 is 9.47 Å². The van der Waals surface area contributed by atoms with Crippen LogP contribution in [0.3, 0.4) is 0 Å². The molecule has 2 aromatic rings. The molecule has 162 valence electrons. The van der Waals surface area contributed by atoms with Gasteiger partial charge in [-0.15, -0.1) is 0 Å². The van der Waals surface area contributed by atoms with Crippen molar-refractivity contribution in [3.63, 3.8) is 0 Å². The van der Waals surface area contributed by atoms with Gasteiger partial charge in [-0.05, 0) is 30.5 Å². The zero-order valence-corrected chi connectivity index (χ0v) is 16.0. The van der Waals surface area contributed by atoms with Gasteiger partial charge < -0.3 is 44.8 Å². The number of fused-ring (bicyclic) bond motifs is 1. The smallest absolute Gasteiger partial charge is 0.229 e. The lowest BCUT2D eigenvalue weighted by Gasteiger charge is -2.39. The summed E-state index contributed by atoms with van der Waals surface area (Å²) in [6, 6.07) is 9.60. The maximum atomic E-state index is 10.1. The van der Waals surface area contributed by atoms with E-state index in [9.17, 15) is 30.6 Å². The number of ether oxygens (including phenoxy) is 3. The second-order valence-electron chi connectivity index (χ2n) is 7.47. The van der Waals surface area contributed by atoms with Crippen molar-refractivity contribution in [1.82, 2.24) is 0 Å². The van der Waals surface area contributed by atoms with Gasteiger partial charge in [0.2, 0.25) is 6.29 Å². The van der Waals surface area contributed by atoms with Crippen LogP contribution in [0.1, 0.15) is 23.7 Å². The molecule has 2 aliphatic rings. The maximum Gasteiger partial charge on any atom is 0.229 e. The van der Waals surface area contributed by atoms with Gasteiger partial charge >= 0.3 is 0 Å². The molecular formula is C21H24O9. The molecule has 9 heteroatoms. The van der Waals surface area contributed by atoms with Crippen LogP contribution in [0.15, 0.2) is 36.4 Å². The molecular weight excluding hydrogens is 396 g/mol. The Labute approximate surface area is 172 Å². The Balaban J connectivity index is 1.44. The molecule has 6 N–H and O–H groups in total. The first kappa shape index (κ1) is 20.7. The van der Waals surface area contributed by atoms with E-state index in [1.54, 1.807) is 24.3 Å². The fourth-order valence-electron chi connectivity index (χ4n) is 3.76. The zero-order chi connectivity index (χ0) is 21.4. The van der Waals surface area contributed by atoms with Crippen molar-refractivity contribution < 1.29 is 44.8 Å². The van der Waals surface area contributed by atoms with Crippen LogP contribution >= 0.6 is 0 Å². The van der Waals surface area contributed by atoms with Crippen molar-refractivity contribution in [2.45, 2.75) is 49.7 Å². The van der Waals surface area contributed by atoms with E-state index in [-0.39, 0.29) is 17.6 Å². The Bertz CT molecular complexity index is 883. The monoisotopic (exact) mass is 420 g/mol. The maximum absolute atomic E-state index is 10.1. The summed E-state index contributed by atoms with van der Waals surface area (Å²) in [5, 5.41) is 58.6. The molecule has 4 rings (SSSR count). The van der Waals surface area contributed by atoms with E-state index in [0.29, 0.717) is 29.9 Å². The molecule has 0 radical (unpaired) electrons. The Morgan fingerprint density at radius 1 is 0.967 bits per heavy atom. The van der Waals surface area contributed by atoms with E-state index in [0.717, 1.165) is 5.56 Å². The summed E-state index contributed by atoms with van der Waals surface area (Å²) in [5.74, 6) is 0.724. The number of benzene rings is 2. The van der Waals surface area contributed by atoms with Gasteiger partial charge in [-0.1, -0.05) is 12.1 Å². The Morgan fingerprint density at radius 2 is 1.70 bits per heavy atom. The van der Waals surface area contributed by atoms with Crippen LogP contribution in [-0.4, -0.2) is 68.0 Å². The normalized spacial score (nSPS) is 30.9. The first-order chi connectivity index (χ1) is 14.4. The van der Waals surface area contributed by atoms with Gasteiger partial charge in [0.05, 0.1) is 6.61 Å². The van der Waals surface area contributed by atoms with Crippen molar-refractivity contribution in [1.29, 1.82) is 0 Å². The fourth-order valence-corrected chi connectivity index (χ4v) is 3.76. The average Bonchev–Trinajstić information content (AvgIpc) is 2.74. The summed E-state index contributed by atoms with van der Waals surface area (Å²) in [6.45, 7) is -0.532. The van der Waals surface area contributed by atoms with Crippen LogP contribution in [0.25, 0.3) is 0 Å². The number of hydrogen-bond acceptors (Lipinski definition) is 9. The standard InChI is InChI=1S/C21H24O9/c22-9-17-18(25)19(26)20(27)21(30-17)28-12-3-1-10(2-4-12)15-6-5-13-14(24)7-11(23)8-16(13)29-15/h1-4,7-8,15,17-27H,5-6,9H2/t15-,17+,18+,19-,20+,21+/m0/s1. The first-order valence-electron chi connectivity index (χ1n) is 9.66. The highest BCUT2D eigenvalue weighted by Gasteiger charge is 2.44. The molecule has 30 heavy (non-hydrogen) atoms. The predicted molar refractivity (Wildman–Crippen MR) is 102 cm³/mol. The van der Waals surface area contributed by atoms with Crippen LogP contribution in [0.5, 0.6) is 23.0 Å². The molecule has 0 saturated carbocycles. The molecule has 9 nitrogen and oxygen atoms in total. The van der Waals surface area contributed by atoms with Crippen molar-refractivity contribution in [2.24, 2.45) is 0 Å². The summed E-state index contributed by atoms with van der Waals surface area (Å²) < 4.78 is 16.9. The number of hydrogen-bond donors (Lipinski definition) is 6. The van der Waals surface area contributed by atoms with Gasteiger partial charge in [-0.25, -0.2) is 0 Å². The van der Waals surface area contributed by atoms with Crippen LogP contribution in [0.2, 0.25) is 0 Å². The van der Waals surface area contributed by atoms with E-state index in [4.69, 9.17) is 14.2 Å². The van der Waals surface area contributed by atoms with Crippen LogP contribution in [-0.2, 0) is 11.2 Å². The first-order valence-corrected chi connectivity index (χ1v) is 9.66. The van der Waals surface area contributed by atoms with Gasteiger partial charge in [-0.3, -0.25) is 0 Å². The molecule has 0 bridgehead atoms. The molecule has 0 spiro atoms. The zero-order valence-electron chi connectivity index (χ0n) is 16.0. The number of rotatable bonds is 4. The summed E-state index contributed by atoms with van der Waals surface area (Å²) >= 11 is 0. The van der Waals surface area contributed by atoms with E-state index in [1.807, 2.05) is 0 Å². The Kier molecular flexibility index (Phi) is 5.72. The third-order valence-corrected chi connectivity index (χ3v) is 5.45. The molecule has 2 aliphatic heterocycles. The summed E-state index contributed by atoms with van der Waals surface area (Å²) in [5.41, 5.74) is 1.51. The van der Waals surface area contributed by atoms with Crippen LogP contribution in [0, 0.1) is 0 Å². The topological polar surface area (TPSA) is 149 Å². The van der Waals surface area contributed by atoms with Gasteiger partial charge in [0.1, 0.15) is 53.5 Å². The Hall–Kier alpha value is -2.56. The van der Waals surface area contributed by atoms with Crippen molar-refractivity contribution in [3.8, 4) is 23.0 Å². The van der Waals surface area contributed by atoms with Gasteiger partial charge in [0.25, 0.3) is 0 Å². The van der Waals surface area contributed by atoms with E-state index in [2.05, 4.69) is 0 Å². The Morgan fingerprint density at radius 3 is 2.40 bits per heavy atom. The molecule has 0 aliphatic carbocycles. The van der Waals surface area contributed by atoms with Crippen molar-refractivity contribution >= 4 is 0 Å². The minimum Gasteiger partial charge on any atom is -0.508 e. The van der Waals surface area contributed by atoms with Crippen LogP contribution in [0.4, 0.5) is 0 Å². The van der Waals surface area contributed by atoms with E-state index >= 15 is 0 Å². The number of aromatic hydroxyl groups is 2. The highest BCUT2D eigenvalue weighted by molar-refractivity contribution is 5.51. The molecule has 0 amide bonds. The average molecular weight is 420 g/mol. The second-order valence-corrected chi connectivity index (χ2v) is 7.47. The highest BCUT2D eigenvalue weighted by atomic mass is 16.7. The summed E-state index contributed by atoms with van der Waals surface area (Å²) in [4.78, 5) is 0. The van der Waals surface area contributed by atoms with Gasteiger partial charge in [0.15, 0.2) is 0 Å². The highest BCUT2D eigenvalue weighted by Crippen LogP contribution is 2.41. The summed E-state index contributed by atoms with van der Waals surface area (Å²) in [7, 11) is 0. The van der Waals surface area contributed by atoms with E-state index in [1.165, 1.54) is 12.1 Å². The third kappa shape index (κ3) is 3.90. The lowest BCUT2D eigenvalue weighted by atomic mass is 9.96. The fraction of sp³-hybridized carbons (Fsp3) is 0.429. The van der Waals surface area contributed by atoms with Gasteiger partial charge in [-0.2, -0.15) is 0 Å². The number of aliphatic hydroxyl groups excluding tert-OH is 4. The minimum atomic E-state index is -1.51. The lowest BCUT2D eigenvalue weighted by Crippen LogP contribution is -2.60. The molecule has 1 fully saturated rings. The predicted octanol–water partition coefficient (Wildman–Crippen LogP) is 0.343. The number of phenolic OH excluding ortho intramolecular Hbond substituents is 2. The minimum absolute atomic E-state index is 0.00623. The molecule has 0 unspecified atom stereocenters. The van der Waals surface area contributed by atoms with Crippen molar-refractivity contribution in [3.05, 3.63) is 47.5 Å². The summed E-state index contributed by atoms with van der Waals surface area (Å²) in [6.07, 6.45) is -5.79. The molecule has 0 aromatic heterocycles. The third-order valence-electron chi connectivity index (χ3n) is 5.45. The molecule has 2 aromatic carbocycles. The molecule has 1 saturated heterocycles. The molecule has 6 atom stereocenters. The number of phenols is 2. The van der Waals surface area contributed by atoms with Gasteiger partial charge in [0, 0.05) is 17.7 Å². The largest absolute Gasteiger partial charge is 0.508 e. The molecule has 2 heterocycles. The van der Waals surface area contributed by atoms with Crippen molar-refractivity contribution in [2.75, 3.05) is 6.61 Å².